The number of rotatable bonds is 4. The molecule has 1 aliphatic heterocycles. The van der Waals surface area contributed by atoms with Crippen LogP contribution in [-0.4, -0.2) is 57.0 Å². The molecule has 0 saturated heterocycles. The van der Waals surface area contributed by atoms with Gasteiger partial charge in [-0.25, -0.2) is 9.97 Å². The Hall–Kier alpha value is -3.53. The maximum Gasteiger partial charge on any atom is 0.258 e. The second kappa shape index (κ2) is 7.62. The van der Waals surface area contributed by atoms with Crippen LogP contribution < -0.4 is 14.8 Å². The first-order valence-corrected chi connectivity index (χ1v) is 10.1. The normalized spacial score (nSPS) is 25.4. The Morgan fingerprint density at radius 2 is 2.19 bits per heavy atom. The second-order valence-corrected chi connectivity index (χ2v) is 7.70. The van der Waals surface area contributed by atoms with Crippen molar-refractivity contribution in [3.8, 4) is 11.5 Å². The molecule has 0 radical (unpaired) electrons. The van der Waals surface area contributed by atoms with Crippen LogP contribution in [0.3, 0.4) is 0 Å². The number of aryl methyl sites for hydroxylation is 1. The van der Waals surface area contributed by atoms with Gasteiger partial charge in [-0.15, -0.1) is 0 Å². The van der Waals surface area contributed by atoms with E-state index in [-0.39, 0.29) is 11.5 Å². The highest BCUT2D eigenvalue weighted by atomic mass is 16.5. The number of amides is 1. The van der Waals surface area contributed by atoms with E-state index in [1.54, 1.807) is 18.2 Å². The van der Waals surface area contributed by atoms with E-state index in [1.165, 1.54) is 6.33 Å². The van der Waals surface area contributed by atoms with Gasteiger partial charge in [-0.2, -0.15) is 4.91 Å². The molecule has 0 unspecified atom stereocenters. The number of nitrogens with zero attached hydrogens (tertiary/aromatic N) is 4. The zero-order valence-corrected chi connectivity index (χ0v) is 16.8. The molecule has 0 spiro atoms. The summed E-state index contributed by atoms with van der Waals surface area (Å²) < 4.78 is 13.5. The number of hydrogen-bond acceptors (Lipinski definition) is 8. The molecule has 160 valence electrons. The van der Waals surface area contributed by atoms with Crippen molar-refractivity contribution >= 4 is 16.9 Å². The molecule has 1 saturated carbocycles. The quantitative estimate of drug-likeness (QED) is 0.612. The molecule has 3 heterocycles. The Bertz CT molecular complexity index is 1160. The molecule has 2 N–H and O–H groups in total. The summed E-state index contributed by atoms with van der Waals surface area (Å²) in [6.07, 6.45) is 1.81. The molecule has 2 aromatic heterocycles. The molecule has 10 nitrogen and oxygen atoms in total. The third-order valence-electron chi connectivity index (χ3n) is 5.92. The summed E-state index contributed by atoms with van der Waals surface area (Å²) in [5, 5.41) is 17.7. The lowest BCUT2D eigenvalue weighted by Crippen LogP contribution is -2.33. The molecule has 1 aromatic carbocycles. The number of fused-ring (bicyclic) bond motifs is 2. The van der Waals surface area contributed by atoms with E-state index in [0.717, 1.165) is 11.1 Å². The fraction of sp³-hybridized carbons (Fsp3) is 0.381. The van der Waals surface area contributed by atoms with Crippen LogP contribution in [0.2, 0.25) is 0 Å². The van der Waals surface area contributed by atoms with E-state index in [1.807, 2.05) is 23.8 Å². The molecule has 2 aliphatic rings. The smallest absolute Gasteiger partial charge is 0.258 e. The fourth-order valence-corrected chi connectivity index (χ4v) is 4.39. The molecule has 3 aromatic rings. The first kappa shape index (κ1) is 19.4. The Balaban J connectivity index is 1.48. The molecule has 1 fully saturated rings. The van der Waals surface area contributed by atoms with Gasteiger partial charge in [0.2, 0.25) is 0 Å². The van der Waals surface area contributed by atoms with Crippen LogP contribution in [0.4, 0.5) is 0 Å². The number of aliphatic hydroxyl groups excluding tert-OH is 1. The minimum absolute atomic E-state index is 0.275. The van der Waals surface area contributed by atoms with Crippen LogP contribution in [0, 0.1) is 11.8 Å². The van der Waals surface area contributed by atoms with Gasteiger partial charge in [0.15, 0.2) is 6.04 Å². The number of nitroso groups, excluding NO2 is 1. The molecule has 0 bridgehead atoms. The van der Waals surface area contributed by atoms with Crippen LogP contribution in [0.5, 0.6) is 11.5 Å². The van der Waals surface area contributed by atoms with Gasteiger partial charge in [-0.3, -0.25) is 4.79 Å². The van der Waals surface area contributed by atoms with Crippen molar-refractivity contribution in [1.82, 2.24) is 19.9 Å². The maximum absolute atomic E-state index is 12.5. The van der Waals surface area contributed by atoms with E-state index >= 15 is 0 Å². The van der Waals surface area contributed by atoms with E-state index < -0.39 is 24.3 Å². The first-order valence-electron chi connectivity index (χ1n) is 10.1. The monoisotopic (exact) mass is 423 g/mol. The number of hydrogen-bond donors (Lipinski definition) is 2. The van der Waals surface area contributed by atoms with Crippen LogP contribution in [0.25, 0.3) is 11.0 Å². The van der Waals surface area contributed by atoms with E-state index in [4.69, 9.17) is 9.47 Å². The lowest BCUT2D eigenvalue weighted by Gasteiger charge is -2.19. The Morgan fingerprint density at radius 3 is 3.03 bits per heavy atom. The van der Waals surface area contributed by atoms with Gasteiger partial charge in [0.1, 0.15) is 47.9 Å². The number of carbonyl (C=O) groups is 1. The van der Waals surface area contributed by atoms with E-state index in [2.05, 4.69) is 20.5 Å². The summed E-state index contributed by atoms with van der Waals surface area (Å²) in [5.74, 6) is 0.401. The summed E-state index contributed by atoms with van der Waals surface area (Å²) in [6.45, 7) is 2.62. The zero-order valence-electron chi connectivity index (χ0n) is 16.8. The van der Waals surface area contributed by atoms with Crippen molar-refractivity contribution in [3.63, 3.8) is 0 Å². The third-order valence-corrected chi connectivity index (χ3v) is 5.92. The largest absolute Gasteiger partial charge is 0.491 e. The molecular formula is C21H21N5O5. The first-order chi connectivity index (χ1) is 15.1. The number of carbonyl (C=O) groups excluding carboxylic acids is 1. The topological polar surface area (TPSA) is 128 Å². The van der Waals surface area contributed by atoms with Crippen molar-refractivity contribution in [2.45, 2.75) is 37.6 Å². The molecule has 10 heteroatoms. The SMILES string of the molecule is Cc1ncnc2c1ccn2[C@@H]1C[C@H](Oc2cccc3c2C(=O)NCCO3)[C@@H](N=O)[C@H]1O. The summed E-state index contributed by atoms with van der Waals surface area (Å²) >= 11 is 0. The Morgan fingerprint density at radius 1 is 1.32 bits per heavy atom. The number of nitrogens with one attached hydrogen (secondary N) is 1. The average Bonchev–Trinajstić information content (AvgIpc) is 3.26. The molecule has 5 rings (SSSR count). The number of aromatic nitrogens is 3. The highest BCUT2D eigenvalue weighted by molar-refractivity contribution is 6.00. The molecule has 4 atom stereocenters. The molecular weight excluding hydrogens is 402 g/mol. The van der Waals surface area contributed by atoms with Gasteiger partial charge in [0.05, 0.1) is 18.3 Å². The predicted octanol–water partition coefficient (Wildman–Crippen LogP) is 1.75. The van der Waals surface area contributed by atoms with Crippen molar-refractivity contribution in [3.05, 3.63) is 53.0 Å². The highest BCUT2D eigenvalue weighted by Crippen LogP contribution is 2.39. The minimum Gasteiger partial charge on any atom is -0.491 e. The van der Waals surface area contributed by atoms with Crippen LogP contribution in [0.1, 0.15) is 28.5 Å². The fourth-order valence-electron chi connectivity index (χ4n) is 4.39. The van der Waals surface area contributed by atoms with Crippen molar-refractivity contribution in [2.75, 3.05) is 13.2 Å². The van der Waals surface area contributed by atoms with E-state index in [0.29, 0.717) is 36.7 Å². The average molecular weight is 423 g/mol. The standard InChI is InChI=1S/C21H21N5O5/c1-11-12-5-7-26(20(12)24-10-23-11)13-9-16(18(25-29)19(13)27)31-15-4-2-3-14-17(15)21(28)22-6-8-30-14/h2-5,7,10,13,16,18-19,27H,6,8-9H2,1H3,(H,22,28)/t13-,16+,18-,19+/m1/s1. The third kappa shape index (κ3) is 3.19. The van der Waals surface area contributed by atoms with Gasteiger partial charge in [-0.05, 0) is 25.1 Å². The van der Waals surface area contributed by atoms with Gasteiger partial charge in [0.25, 0.3) is 5.91 Å². The lowest BCUT2D eigenvalue weighted by atomic mass is 10.1. The summed E-state index contributed by atoms with van der Waals surface area (Å²) in [7, 11) is 0. The predicted molar refractivity (Wildman–Crippen MR) is 110 cm³/mol. The van der Waals surface area contributed by atoms with Gasteiger partial charge in [-0.1, -0.05) is 11.2 Å². The van der Waals surface area contributed by atoms with Crippen molar-refractivity contribution in [2.24, 2.45) is 5.18 Å². The van der Waals surface area contributed by atoms with Gasteiger partial charge in [0, 0.05) is 18.0 Å². The minimum atomic E-state index is -1.07. The van der Waals surface area contributed by atoms with Gasteiger partial charge >= 0.3 is 0 Å². The number of ether oxygens (including phenoxy) is 2. The second-order valence-electron chi connectivity index (χ2n) is 7.70. The lowest BCUT2D eigenvalue weighted by molar-refractivity contribution is 0.0941. The molecule has 31 heavy (non-hydrogen) atoms. The number of aliphatic hydroxyl groups is 1. The van der Waals surface area contributed by atoms with Crippen LogP contribution >= 0.6 is 0 Å². The highest BCUT2D eigenvalue weighted by Gasteiger charge is 2.47. The van der Waals surface area contributed by atoms with Crippen LogP contribution in [0.15, 0.2) is 42.0 Å². The number of benzene rings is 1. The zero-order chi connectivity index (χ0) is 21.5. The Labute approximate surface area is 177 Å². The molecule has 1 aliphatic carbocycles. The van der Waals surface area contributed by atoms with Crippen molar-refractivity contribution < 1.29 is 19.4 Å². The van der Waals surface area contributed by atoms with Gasteiger partial charge < -0.3 is 24.5 Å². The van der Waals surface area contributed by atoms with Crippen LogP contribution in [-0.2, 0) is 0 Å². The van der Waals surface area contributed by atoms with Crippen molar-refractivity contribution in [1.29, 1.82) is 0 Å². The maximum atomic E-state index is 12.5. The molecule has 1 amide bonds. The summed E-state index contributed by atoms with van der Waals surface area (Å²) in [4.78, 5) is 32.7. The summed E-state index contributed by atoms with van der Waals surface area (Å²) in [6, 6.07) is 5.48. The summed E-state index contributed by atoms with van der Waals surface area (Å²) in [5.41, 5.74) is 1.77. The van der Waals surface area contributed by atoms with E-state index in [9.17, 15) is 14.8 Å². The Kier molecular flexibility index (Phi) is 4.78.